The quantitative estimate of drug-likeness (QED) is 0.109. The highest BCUT2D eigenvalue weighted by atomic mass is 19.1. The summed E-state index contributed by atoms with van der Waals surface area (Å²) in [4.78, 5) is 58.3. The number of fused-ring (bicyclic) bond motifs is 2. The highest BCUT2D eigenvalue weighted by Gasteiger charge is 2.30. The molecule has 6 aromatic rings. The van der Waals surface area contributed by atoms with Gasteiger partial charge in [-0.2, -0.15) is 0 Å². The van der Waals surface area contributed by atoms with E-state index in [9.17, 15) is 31.9 Å². The molecule has 3 amide bonds. The van der Waals surface area contributed by atoms with Crippen molar-refractivity contribution >= 4 is 46.4 Å². The van der Waals surface area contributed by atoms with Crippen molar-refractivity contribution in [1.29, 1.82) is 0 Å². The van der Waals surface area contributed by atoms with E-state index in [4.69, 9.17) is 0 Å². The van der Waals surface area contributed by atoms with Crippen LogP contribution < -0.4 is 26.2 Å². The number of hydrogen-bond acceptors (Lipinski definition) is 10. The summed E-state index contributed by atoms with van der Waals surface area (Å²) in [5.74, 6) is -3.17. The van der Waals surface area contributed by atoms with Crippen molar-refractivity contribution in [2.75, 3.05) is 41.7 Å². The second-order valence-corrected chi connectivity index (χ2v) is 15.1. The number of pyridine rings is 2. The van der Waals surface area contributed by atoms with Crippen LogP contribution in [0.15, 0.2) is 85.1 Å². The molecular formula is C47H44F4N10O3. The summed E-state index contributed by atoms with van der Waals surface area (Å²) >= 11 is 0. The monoisotopic (exact) mass is 872 g/mol. The molecule has 10 rings (SSSR count). The first-order valence-corrected chi connectivity index (χ1v) is 21.2. The predicted octanol–water partition coefficient (Wildman–Crippen LogP) is 8.68. The Kier molecular flexibility index (Phi) is 12.8. The number of amides is 3. The lowest BCUT2D eigenvalue weighted by Gasteiger charge is -2.30. The number of carbonyl (C=O) groups excluding carboxylic acids is 3. The normalized spacial score (nSPS) is 14.7. The summed E-state index contributed by atoms with van der Waals surface area (Å²) < 4.78 is 57.3. The van der Waals surface area contributed by atoms with Gasteiger partial charge in [0.25, 0.3) is 17.7 Å². The molecule has 7 heterocycles. The molecule has 17 heteroatoms. The van der Waals surface area contributed by atoms with Crippen molar-refractivity contribution in [2.24, 2.45) is 0 Å². The molecule has 0 aliphatic carbocycles. The van der Waals surface area contributed by atoms with Crippen molar-refractivity contribution in [2.45, 2.75) is 52.6 Å². The number of hydrogen-bond donors (Lipinski definition) is 4. The average molecular weight is 873 g/mol. The van der Waals surface area contributed by atoms with E-state index >= 15 is 0 Å². The summed E-state index contributed by atoms with van der Waals surface area (Å²) in [6, 6.07) is 19.2. The van der Waals surface area contributed by atoms with E-state index in [0.29, 0.717) is 39.7 Å². The van der Waals surface area contributed by atoms with Gasteiger partial charge in [0.1, 0.15) is 40.5 Å². The van der Waals surface area contributed by atoms with Crippen LogP contribution in [0.1, 0.15) is 82.0 Å². The molecule has 64 heavy (non-hydrogen) atoms. The number of piperidine rings is 1. The molecule has 0 atom stereocenters. The van der Waals surface area contributed by atoms with Gasteiger partial charge >= 0.3 is 0 Å². The summed E-state index contributed by atoms with van der Waals surface area (Å²) in [5.41, 5.74) is 3.52. The number of halogens is 4. The predicted molar refractivity (Wildman–Crippen MR) is 234 cm³/mol. The maximum atomic E-state index is 14.3. The topological polar surface area (TPSA) is 157 Å². The zero-order valence-electron chi connectivity index (χ0n) is 35.1. The molecule has 0 saturated carbocycles. The Morgan fingerprint density at radius 1 is 0.641 bits per heavy atom. The summed E-state index contributed by atoms with van der Waals surface area (Å²) in [6.07, 6.45) is 6.41. The lowest BCUT2D eigenvalue weighted by Crippen LogP contribution is -2.41. The fourth-order valence-electron chi connectivity index (χ4n) is 7.71. The lowest BCUT2D eigenvalue weighted by molar-refractivity contribution is 0.0651. The van der Waals surface area contributed by atoms with Crippen molar-refractivity contribution in [3.8, 4) is 22.6 Å². The molecule has 328 valence electrons. The highest BCUT2D eigenvalue weighted by molar-refractivity contribution is 6.04. The highest BCUT2D eigenvalue weighted by Crippen LogP contribution is 2.34. The molecule has 4 aliphatic rings. The Hall–Kier alpha value is -7.43. The van der Waals surface area contributed by atoms with Crippen LogP contribution in [-0.2, 0) is 13.1 Å². The molecule has 0 radical (unpaired) electrons. The van der Waals surface area contributed by atoms with Gasteiger partial charge in [0, 0.05) is 37.4 Å². The van der Waals surface area contributed by atoms with Gasteiger partial charge in [0.2, 0.25) is 0 Å². The smallest absolute Gasteiger partial charge is 0.257 e. The van der Waals surface area contributed by atoms with Gasteiger partial charge in [0.05, 0.1) is 64.4 Å². The summed E-state index contributed by atoms with van der Waals surface area (Å²) in [5, 5.41) is 11.5. The molecule has 2 fully saturated rings. The zero-order valence-corrected chi connectivity index (χ0v) is 35.1. The van der Waals surface area contributed by atoms with E-state index in [-0.39, 0.29) is 64.8 Å². The Bertz CT molecular complexity index is 2690. The van der Waals surface area contributed by atoms with Crippen LogP contribution in [0.4, 0.5) is 46.3 Å². The van der Waals surface area contributed by atoms with Crippen molar-refractivity contribution < 1.29 is 31.9 Å². The minimum absolute atomic E-state index is 0.0302. The van der Waals surface area contributed by atoms with Crippen LogP contribution >= 0.6 is 0 Å². The molecule has 3 aromatic carbocycles. The Balaban J connectivity index is 0.000000169. The molecule has 3 aromatic heterocycles. The van der Waals surface area contributed by atoms with E-state index < -0.39 is 23.3 Å². The van der Waals surface area contributed by atoms with E-state index in [0.717, 1.165) is 50.4 Å². The van der Waals surface area contributed by atoms with Crippen LogP contribution in [0.2, 0.25) is 0 Å². The van der Waals surface area contributed by atoms with Crippen molar-refractivity contribution in [3.05, 3.63) is 136 Å². The summed E-state index contributed by atoms with van der Waals surface area (Å²) in [6.45, 7) is 7.90. The van der Waals surface area contributed by atoms with Crippen LogP contribution in [0.5, 0.6) is 0 Å². The van der Waals surface area contributed by atoms with Crippen LogP contribution in [0.3, 0.4) is 0 Å². The molecular weight excluding hydrogens is 829 g/mol. The Morgan fingerprint density at radius 3 is 1.84 bits per heavy atom. The van der Waals surface area contributed by atoms with Gasteiger partial charge < -0.3 is 31.1 Å². The van der Waals surface area contributed by atoms with Gasteiger partial charge in [-0.05, 0) is 92.4 Å². The van der Waals surface area contributed by atoms with Crippen LogP contribution in [-0.4, -0.2) is 68.7 Å². The van der Waals surface area contributed by atoms with E-state index in [1.807, 2.05) is 26.0 Å². The fourth-order valence-corrected chi connectivity index (χ4v) is 7.71. The van der Waals surface area contributed by atoms with Gasteiger partial charge in [-0.1, -0.05) is 26.0 Å². The third kappa shape index (κ3) is 8.91. The fraction of sp³-hybridized carbons (Fsp3) is 0.255. The number of carbonyl (C=O) groups is 3. The third-order valence-electron chi connectivity index (χ3n) is 11.0. The standard InChI is InChI=1S/C23H21F2N5O.C22H17F2N5O2.C2H6/c24-15-5-4-6-16(25)21(15)17-11-18(22-19(28-17)13-27-23(22)31)29-20-8-7-14(12-26-20)30-9-2-1-3-10-30;23-14-3-1-4-15(24)17(14)19-27-16-11-25-21(30)18(16)20(28-19)26-13-7-5-12(6-8-13)22(31)29-9-2-10-29;1-2/h4-8,11-12H,1-3,9-10,13H2,(H,27,31)(H,26,28,29);1,3-8H,2,9-11H2,(H,25,30)(H,26,27,28);1-2H3. The second kappa shape index (κ2) is 18.9. The minimum atomic E-state index is -0.794. The number of nitrogens with one attached hydrogen (secondary N) is 4. The van der Waals surface area contributed by atoms with Gasteiger partial charge in [-0.15, -0.1) is 0 Å². The van der Waals surface area contributed by atoms with Gasteiger partial charge in [-0.3, -0.25) is 14.4 Å². The maximum Gasteiger partial charge on any atom is 0.257 e. The summed E-state index contributed by atoms with van der Waals surface area (Å²) in [7, 11) is 0. The number of anilines is 5. The minimum Gasteiger partial charge on any atom is -0.370 e. The first-order valence-electron chi connectivity index (χ1n) is 21.2. The van der Waals surface area contributed by atoms with E-state index in [2.05, 4.69) is 46.1 Å². The first-order chi connectivity index (χ1) is 31.1. The van der Waals surface area contributed by atoms with Crippen LogP contribution in [0, 0.1) is 23.3 Å². The maximum absolute atomic E-state index is 14.3. The number of likely N-dealkylation sites (tertiary alicyclic amines) is 1. The van der Waals surface area contributed by atoms with Gasteiger partial charge in [0.15, 0.2) is 5.82 Å². The molecule has 13 nitrogen and oxygen atoms in total. The Morgan fingerprint density at radius 2 is 1.25 bits per heavy atom. The third-order valence-corrected chi connectivity index (χ3v) is 11.0. The number of nitrogens with zero attached hydrogens (tertiary/aromatic N) is 6. The molecule has 4 aliphatic heterocycles. The molecule has 4 N–H and O–H groups in total. The average Bonchev–Trinajstić information content (AvgIpc) is 3.86. The number of benzene rings is 3. The largest absolute Gasteiger partial charge is 0.370 e. The zero-order chi connectivity index (χ0) is 44.9. The van der Waals surface area contributed by atoms with E-state index in [1.54, 1.807) is 35.4 Å². The first kappa shape index (κ1) is 43.2. The second-order valence-electron chi connectivity index (χ2n) is 15.1. The van der Waals surface area contributed by atoms with Gasteiger partial charge in [-0.25, -0.2) is 37.5 Å². The van der Waals surface area contributed by atoms with Crippen molar-refractivity contribution in [3.63, 3.8) is 0 Å². The number of aromatic nitrogens is 4. The number of rotatable bonds is 8. The molecule has 0 spiro atoms. The molecule has 0 unspecified atom stereocenters. The van der Waals surface area contributed by atoms with Crippen molar-refractivity contribution in [1.82, 2.24) is 35.5 Å². The molecule has 2 saturated heterocycles. The SMILES string of the molecule is CC.O=C1NCc2nc(-c3c(F)cccc3F)cc(Nc3ccc(N4CCCCC4)cn3)c21.O=C1NCc2nc(-c3c(F)cccc3F)nc(Nc3ccc(C(=O)N4CCC4)cc3)c21. The lowest BCUT2D eigenvalue weighted by atomic mass is 10.1. The molecule has 0 bridgehead atoms. The van der Waals surface area contributed by atoms with E-state index in [1.165, 1.54) is 49.6 Å². The Labute approximate surface area is 366 Å². The van der Waals surface area contributed by atoms with Crippen LogP contribution in [0.25, 0.3) is 22.6 Å².